The average Bonchev–Trinajstić information content (AvgIpc) is 0.937. The maximum Gasteiger partial charge on any atom is 0.472 e. The van der Waals surface area contributed by atoms with E-state index in [-0.39, 0.29) is 25.7 Å². The Morgan fingerprint density at radius 2 is 0.495 bits per heavy atom. The highest BCUT2D eigenvalue weighted by Crippen LogP contribution is 2.45. The summed E-state index contributed by atoms with van der Waals surface area (Å²) in [4.78, 5) is 73.2. The van der Waals surface area contributed by atoms with E-state index < -0.39 is 97.5 Å². The molecule has 7 atom stereocenters. The summed E-state index contributed by atoms with van der Waals surface area (Å²) in [7, 11) is -9.93. The highest BCUT2D eigenvalue weighted by Gasteiger charge is 2.30. The molecule has 3 N–H and O–H groups in total. The highest BCUT2D eigenvalue weighted by atomic mass is 31.2. The number of aliphatic hydroxyl groups excluding tert-OH is 1. The van der Waals surface area contributed by atoms with Gasteiger partial charge in [0, 0.05) is 25.7 Å². The number of aliphatic hydroxyl groups is 1. The quantitative estimate of drug-likeness (QED) is 0.0222. The fraction of sp³-hybridized carbons (Fsp3) is 0.952. The van der Waals surface area contributed by atoms with Gasteiger partial charge in [0.05, 0.1) is 26.4 Å². The van der Waals surface area contributed by atoms with Crippen molar-refractivity contribution in [2.24, 2.45) is 17.8 Å². The lowest BCUT2D eigenvalue weighted by Crippen LogP contribution is -2.30. The predicted octanol–water partition coefficient (Wildman–Crippen LogP) is 25.3. The fourth-order valence-electron chi connectivity index (χ4n) is 13.0. The van der Waals surface area contributed by atoms with E-state index in [0.29, 0.717) is 25.7 Å². The predicted molar refractivity (Wildman–Crippen MR) is 423 cm³/mol. The molecule has 0 aliphatic carbocycles. The van der Waals surface area contributed by atoms with Crippen LogP contribution in [-0.2, 0) is 65.4 Å². The van der Waals surface area contributed by atoms with Crippen molar-refractivity contribution in [1.29, 1.82) is 0 Å². The number of phosphoric ester groups is 2. The molecule has 0 aromatic rings. The number of hydrogen-bond donors (Lipinski definition) is 3. The van der Waals surface area contributed by atoms with Crippen molar-refractivity contribution in [1.82, 2.24) is 0 Å². The third-order valence-corrected chi connectivity index (χ3v) is 22.3. The molecule has 0 fully saturated rings. The van der Waals surface area contributed by atoms with Gasteiger partial charge in [0.2, 0.25) is 0 Å². The van der Waals surface area contributed by atoms with Crippen molar-refractivity contribution in [3.8, 4) is 0 Å². The molecular formula is C84H164O17P2. The minimum Gasteiger partial charge on any atom is -0.462 e. The van der Waals surface area contributed by atoms with E-state index >= 15 is 0 Å². The summed E-state index contributed by atoms with van der Waals surface area (Å²) < 4.78 is 68.8. The number of esters is 4. The van der Waals surface area contributed by atoms with Gasteiger partial charge < -0.3 is 33.8 Å². The van der Waals surface area contributed by atoms with Crippen LogP contribution in [0.5, 0.6) is 0 Å². The molecule has 0 aliphatic rings. The van der Waals surface area contributed by atoms with Crippen LogP contribution in [0.25, 0.3) is 0 Å². The van der Waals surface area contributed by atoms with Crippen molar-refractivity contribution in [3.05, 3.63) is 0 Å². The minimum absolute atomic E-state index is 0.107. The van der Waals surface area contributed by atoms with Crippen LogP contribution in [0.15, 0.2) is 0 Å². The molecule has 0 amide bonds. The first kappa shape index (κ1) is 101. The normalized spacial score (nSPS) is 14.4. The number of phosphoric acid groups is 2. The second-order valence-corrected chi connectivity index (χ2v) is 34.1. The molecule has 0 heterocycles. The Hall–Kier alpha value is -1.94. The molecule has 0 spiro atoms. The zero-order valence-electron chi connectivity index (χ0n) is 67.8. The SMILES string of the molecule is CCCCCCCCCCCCCCCCCCC(=O)O[C@H](COC(=O)CCCCCCCCC(C)CC)COP(=O)(O)OC[C@H](O)COP(=O)(O)OC[C@@H](COC(=O)CCCCCCCCCCCCCCCCC(C)CC)OC(=O)CCCCCCCCCCCCCCCCCCC(C)C. The lowest BCUT2D eigenvalue weighted by molar-refractivity contribution is -0.161. The minimum atomic E-state index is -4.97. The standard InChI is InChI=1S/C84H164O17P2/c1-8-11-12-13-14-15-16-17-18-22-29-34-39-44-53-60-68-84(89)101-80(72-95-82(87)66-59-52-47-46-50-57-64-77(7)10-3)74-99-103(92,93)97-70-78(85)69-96-102(90,91)98-73-79(71-94-81(86)65-58-51-43-38-33-28-25-24-27-32-37-42-49-56-63-76(6)9-2)100-83(88)67-61-54-45-40-35-30-23-20-19-21-26-31-36-41-48-55-62-75(4)5/h75-80,85H,8-74H2,1-7H3,(H,90,91)(H,92,93)/t76?,77?,78-,79-,80-/m1/s1. The second kappa shape index (κ2) is 74.2. The molecule has 19 heteroatoms. The molecule has 0 saturated carbocycles. The van der Waals surface area contributed by atoms with Crippen LogP contribution in [-0.4, -0.2) is 96.7 Å². The maximum atomic E-state index is 13.1. The van der Waals surface area contributed by atoms with E-state index in [1.54, 1.807) is 0 Å². The van der Waals surface area contributed by atoms with Crippen molar-refractivity contribution in [3.63, 3.8) is 0 Å². The van der Waals surface area contributed by atoms with E-state index in [2.05, 4.69) is 48.5 Å². The summed E-state index contributed by atoms with van der Waals surface area (Å²) in [5, 5.41) is 10.7. The summed E-state index contributed by atoms with van der Waals surface area (Å²) in [5.41, 5.74) is 0. The summed E-state index contributed by atoms with van der Waals surface area (Å²) >= 11 is 0. The first-order valence-electron chi connectivity index (χ1n) is 43.4. The number of ether oxygens (including phenoxy) is 4. The molecule has 0 radical (unpaired) electrons. The van der Waals surface area contributed by atoms with Gasteiger partial charge in [0.15, 0.2) is 12.2 Å². The number of rotatable bonds is 82. The molecule has 103 heavy (non-hydrogen) atoms. The van der Waals surface area contributed by atoms with Crippen molar-refractivity contribution in [2.45, 2.75) is 458 Å². The average molecular weight is 1510 g/mol. The summed E-state index contributed by atoms with van der Waals surface area (Å²) in [6.45, 7) is 12.0. The molecule has 0 rings (SSSR count). The van der Waals surface area contributed by atoms with Gasteiger partial charge in [0.1, 0.15) is 19.3 Å². The largest absolute Gasteiger partial charge is 0.472 e. The third kappa shape index (κ3) is 75.3. The van der Waals surface area contributed by atoms with Gasteiger partial charge in [-0.15, -0.1) is 0 Å². The molecule has 4 unspecified atom stereocenters. The third-order valence-electron chi connectivity index (χ3n) is 20.4. The monoisotopic (exact) mass is 1510 g/mol. The molecule has 0 aromatic heterocycles. The number of hydrogen-bond acceptors (Lipinski definition) is 15. The van der Waals surface area contributed by atoms with Gasteiger partial charge in [-0.3, -0.25) is 37.3 Å². The Morgan fingerprint density at radius 3 is 0.738 bits per heavy atom. The van der Waals surface area contributed by atoms with Crippen LogP contribution in [0.3, 0.4) is 0 Å². The Kier molecular flexibility index (Phi) is 72.8. The van der Waals surface area contributed by atoms with Gasteiger partial charge in [0.25, 0.3) is 0 Å². The van der Waals surface area contributed by atoms with Crippen LogP contribution < -0.4 is 0 Å². The highest BCUT2D eigenvalue weighted by molar-refractivity contribution is 7.47. The molecule has 0 aliphatic heterocycles. The van der Waals surface area contributed by atoms with Crippen molar-refractivity contribution < 1.29 is 80.2 Å². The van der Waals surface area contributed by atoms with Crippen molar-refractivity contribution >= 4 is 39.5 Å². The topological polar surface area (TPSA) is 237 Å². The lowest BCUT2D eigenvalue weighted by atomic mass is 9.99. The number of carbonyl (C=O) groups excluding carboxylic acids is 4. The Balaban J connectivity index is 5.25. The summed E-state index contributed by atoms with van der Waals surface area (Å²) in [5.74, 6) is 0.283. The smallest absolute Gasteiger partial charge is 0.462 e. The van der Waals surface area contributed by atoms with Gasteiger partial charge in [-0.2, -0.15) is 0 Å². The van der Waals surface area contributed by atoms with Gasteiger partial charge in [-0.25, -0.2) is 9.13 Å². The van der Waals surface area contributed by atoms with Crippen LogP contribution in [0.2, 0.25) is 0 Å². The zero-order chi connectivity index (χ0) is 75.8. The van der Waals surface area contributed by atoms with Crippen LogP contribution in [0.1, 0.15) is 440 Å². The van der Waals surface area contributed by atoms with Gasteiger partial charge in [-0.1, -0.05) is 389 Å². The Labute approximate surface area is 632 Å². The molecule has 0 bridgehead atoms. The van der Waals surface area contributed by atoms with Gasteiger partial charge >= 0.3 is 39.5 Å². The van der Waals surface area contributed by atoms with E-state index in [4.69, 9.17) is 37.0 Å². The van der Waals surface area contributed by atoms with E-state index in [0.717, 1.165) is 114 Å². The van der Waals surface area contributed by atoms with Crippen LogP contribution in [0, 0.1) is 17.8 Å². The van der Waals surface area contributed by atoms with E-state index in [1.807, 2.05) is 0 Å². The molecule has 17 nitrogen and oxygen atoms in total. The molecule has 612 valence electrons. The van der Waals surface area contributed by atoms with Crippen LogP contribution in [0.4, 0.5) is 0 Å². The maximum absolute atomic E-state index is 13.1. The first-order chi connectivity index (χ1) is 49.8. The number of carbonyl (C=O) groups is 4. The van der Waals surface area contributed by atoms with Gasteiger partial charge in [-0.05, 0) is 43.4 Å². The molecule has 0 saturated heterocycles. The van der Waals surface area contributed by atoms with Crippen molar-refractivity contribution in [2.75, 3.05) is 39.6 Å². The molecule has 0 aromatic carbocycles. The Morgan fingerprint density at radius 1 is 0.282 bits per heavy atom. The number of unbranched alkanes of at least 4 members (excludes halogenated alkanes) is 48. The Bertz CT molecular complexity index is 2000. The first-order valence-corrected chi connectivity index (χ1v) is 46.4. The summed E-state index contributed by atoms with van der Waals surface area (Å²) in [6, 6.07) is 0. The van der Waals surface area contributed by atoms with Crippen LogP contribution >= 0.6 is 15.6 Å². The van der Waals surface area contributed by atoms with E-state index in [1.165, 1.54) is 244 Å². The zero-order valence-corrected chi connectivity index (χ0v) is 69.6. The fourth-order valence-corrected chi connectivity index (χ4v) is 14.5. The second-order valence-electron chi connectivity index (χ2n) is 31.2. The van der Waals surface area contributed by atoms with E-state index in [9.17, 15) is 43.2 Å². The lowest BCUT2D eigenvalue weighted by Gasteiger charge is -2.21. The summed E-state index contributed by atoms with van der Waals surface area (Å²) in [6.07, 6.45) is 63.8. The molecular weight excluding hydrogens is 1340 g/mol.